The van der Waals surface area contributed by atoms with Crippen LogP contribution in [0.2, 0.25) is 0 Å². The Labute approximate surface area is 161 Å². The average Bonchev–Trinajstić information content (AvgIpc) is 3.22. The Hall–Kier alpha value is -2.49. The molecule has 1 aromatic carbocycles. The molecule has 4 nitrogen and oxygen atoms in total. The second-order valence-electron chi connectivity index (χ2n) is 7.92. The maximum Gasteiger partial charge on any atom is 0.246 e. The molecule has 4 heteroatoms. The number of amides is 1. The largest absolute Gasteiger partial charge is 0.461 e. The van der Waals surface area contributed by atoms with E-state index in [9.17, 15) is 4.79 Å². The van der Waals surface area contributed by atoms with Crippen molar-refractivity contribution in [3.63, 3.8) is 0 Å². The van der Waals surface area contributed by atoms with Gasteiger partial charge in [0.15, 0.2) is 0 Å². The van der Waals surface area contributed by atoms with Gasteiger partial charge in [-0.05, 0) is 61.6 Å². The van der Waals surface area contributed by atoms with Gasteiger partial charge in [-0.3, -0.25) is 4.79 Å². The normalized spacial score (nSPS) is 22.5. The van der Waals surface area contributed by atoms with Gasteiger partial charge in [0, 0.05) is 43.9 Å². The molecule has 1 aromatic heterocycles. The first-order chi connectivity index (χ1) is 13.0. The van der Waals surface area contributed by atoms with Gasteiger partial charge >= 0.3 is 0 Å². The summed E-state index contributed by atoms with van der Waals surface area (Å²) in [4.78, 5) is 16.8. The Morgan fingerprint density at radius 3 is 2.56 bits per heavy atom. The van der Waals surface area contributed by atoms with Crippen LogP contribution in [0.25, 0.3) is 6.08 Å². The number of nitrogens with zero attached hydrogens (tertiary/aromatic N) is 2. The van der Waals surface area contributed by atoms with E-state index < -0.39 is 0 Å². The highest BCUT2D eigenvalue weighted by molar-refractivity contribution is 5.91. The predicted molar refractivity (Wildman–Crippen MR) is 109 cm³/mol. The van der Waals surface area contributed by atoms with Gasteiger partial charge in [-0.1, -0.05) is 19.1 Å². The number of aryl methyl sites for hydroxylation is 1. The third-order valence-electron chi connectivity index (χ3n) is 6.02. The third-order valence-corrected chi connectivity index (χ3v) is 6.02. The van der Waals surface area contributed by atoms with Crippen molar-refractivity contribution in [1.29, 1.82) is 0 Å². The van der Waals surface area contributed by atoms with Crippen LogP contribution in [0.1, 0.15) is 41.9 Å². The molecule has 2 unspecified atom stereocenters. The molecule has 1 aliphatic heterocycles. The molecule has 1 saturated carbocycles. The van der Waals surface area contributed by atoms with E-state index in [1.807, 2.05) is 17.0 Å². The fraction of sp³-hybridized carbons (Fsp3) is 0.435. The Morgan fingerprint density at radius 1 is 1.11 bits per heavy atom. The quantitative estimate of drug-likeness (QED) is 0.756. The molecule has 1 aliphatic carbocycles. The summed E-state index contributed by atoms with van der Waals surface area (Å²) in [5.41, 5.74) is 3.93. The van der Waals surface area contributed by atoms with Gasteiger partial charge in [0.25, 0.3) is 0 Å². The zero-order valence-corrected chi connectivity index (χ0v) is 16.4. The lowest BCUT2D eigenvalue weighted by Crippen LogP contribution is -2.48. The van der Waals surface area contributed by atoms with Crippen LogP contribution in [-0.2, 0) is 4.79 Å². The molecule has 27 heavy (non-hydrogen) atoms. The maximum atomic E-state index is 12.5. The van der Waals surface area contributed by atoms with Crippen molar-refractivity contribution in [3.8, 4) is 0 Å². The molecule has 2 heterocycles. The van der Waals surface area contributed by atoms with E-state index in [1.165, 1.54) is 23.2 Å². The number of benzene rings is 1. The lowest BCUT2D eigenvalue weighted by molar-refractivity contribution is -0.126. The number of hydrogen-bond donors (Lipinski definition) is 0. The SMILES string of the molecule is Cc1cccc(N2CCN(C(=O)/C=C/c3ccc(C4CC4C)o3)CC2)c1C. The first-order valence-corrected chi connectivity index (χ1v) is 9.91. The summed E-state index contributed by atoms with van der Waals surface area (Å²) >= 11 is 0. The van der Waals surface area contributed by atoms with Crippen LogP contribution in [0.3, 0.4) is 0 Å². The minimum absolute atomic E-state index is 0.0633. The van der Waals surface area contributed by atoms with Gasteiger partial charge < -0.3 is 14.2 Å². The van der Waals surface area contributed by atoms with Crippen molar-refractivity contribution in [2.24, 2.45) is 5.92 Å². The molecule has 1 amide bonds. The Balaban J connectivity index is 1.33. The van der Waals surface area contributed by atoms with E-state index >= 15 is 0 Å². The topological polar surface area (TPSA) is 36.7 Å². The summed E-state index contributed by atoms with van der Waals surface area (Å²) in [6, 6.07) is 10.4. The summed E-state index contributed by atoms with van der Waals surface area (Å²) < 4.78 is 5.85. The van der Waals surface area contributed by atoms with Crippen LogP contribution in [0, 0.1) is 19.8 Å². The van der Waals surface area contributed by atoms with Gasteiger partial charge in [0.1, 0.15) is 11.5 Å². The Morgan fingerprint density at radius 2 is 1.85 bits per heavy atom. The van der Waals surface area contributed by atoms with E-state index in [2.05, 4.69) is 43.9 Å². The zero-order chi connectivity index (χ0) is 19.0. The van der Waals surface area contributed by atoms with Gasteiger partial charge in [0.2, 0.25) is 5.91 Å². The lowest BCUT2D eigenvalue weighted by Gasteiger charge is -2.36. The van der Waals surface area contributed by atoms with Crippen LogP contribution in [0.4, 0.5) is 5.69 Å². The molecule has 0 radical (unpaired) electrons. The molecule has 0 bridgehead atoms. The molecular weight excluding hydrogens is 336 g/mol. The highest BCUT2D eigenvalue weighted by Gasteiger charge is 2.36. The summed E-state index contributed by atoms with van der Waals surface area (Å²) in [6.45, 7) is 9.80. The van der Waals surface area contributed by atoms with Crippen molar-refractivity contribution in [2.75, 3.05) is 31.1 Å². The standard InChI is InChI=1S/C23H28N2O2/c1-16-5-4-6-21(18(16)3)24-11-13-25(14-12-24)23(26)10-8-19-7-9-22(27-19)20-15-17(20)2/h4-10,17,20H,11-15H2,1-3H3/b10-8+. The van der Waals surface area contributed by atoms with Crippen LogP contribution in [-0.4, -0.2) is 37.0 Å². The first-order valence-electron chi connectivity index (χ1n) is 9.91. The summed E-state index contributed by atoms with van der Waals surface area (Å²) in [6.07, 6.45) is 4.66. The molecule has 142 valence electrons. The Bertz CT molecular complexity index is 859. The van der Waals surface area contributed by atoms with E-state index in [4.69, 9.17) is 4.42 Å². The highest BCUT2D eigenvalue weighted by Crippen LogP contribution is 2.47. The van der Waals surface area contributed by atoms with E-state index in [1.54, 1.807) is 12.2 Å². The average molecular weight is 364 g/mol. The number of carbonyl (C=O) groups is 1. The molecule has 1 saturated heterocycles. The molecule has 0 spiro atoms. The molecular formula is C23H28N2O2. The van der Waals surface area contributed by atoms with Crippen molar-refractivity contribution in [1.82, 2.24) is 4.90 Å². The van der Waals surface area contributed by atoms with Gasteiger partial charge in [0.05, 0.1) is 0 Å². The van der Waals surface area contributed by atoms with E-state index in [-0.39, 0.29) is 5.91 Å². The fourth-order valence-corrected chi connectivity index (χ4v) is 3.88. The minimum Gasteiger partial charge on any atom is -0.461 e. The van der Waals surface area contributed by atoms with Crippen LogP contribution in [0.5, 0.6) is 0 Å². The van der Waals surface area contributed by atoms with Crippen LogP contribution >= 0.6 is 0 Å². The number of carbonyl (C=O) groups excluding carboxylic acids is 1. The van der Waals surface area contributed by atoms with Crippen molar-refractivity contribution in [3.05, 3.63) is 59.1 Å². The molecule has 2 aliphatic rings. The maximum absolute atomic E-state index is 12.5. The monoisotopic (exact) mass is 364 g/mol. The van der Waals surface area contributed by atoms with Crippen molar-refractivity contribution >= 4 is 17.7 Å². The van der Waals surface area contributed by atoms with Crippen LogP contribution in [0.15, 0.2) is 40.8 Å². The van der Waals surface area contributed by atoms with E-state index in [0.717, 1.165) is 43.6 Å². The molecule has 2 atom stereocenters. The first kappa shape index (κ1) is 17.9. The predicted octanol–water partition coefficient (Wildman–Crippen LogP) is 4.38. The molecule has 2 aromatic rings. The van der Waals surface area contributed by atoms with Crippen LogP contribution < -0.4 is 4.90 Å². The highest BCUT2D eigenvalue weighted by atomic mass is 16.3. The second-order valence-corrected chi connectivity index (χ2v) is 7.92. The van der Waals surface area contributed by atoms with Gasteiger partial charge in [-0.25, -0.2) is 0 Å². The second kappa shape index (κ2) is 7.26. The number of piperazine rings is 1. The number of rotatable bonds is 4. The Kier molecular flexibility index (Phi) is 4.81. The molecule has 4 rings (SSSR count). The van der Waals surface area contributed by atoms with Crippen molar-refractivity contribution < 1.29 is 9.21 Å². The summed E-state index contributed by atoms with van der Waals surface area (Å²) in [5, 5.41) is 0. The zero-order valence-electron chi connectivity index (χ0n) is 16.4. The molecule has 2 fully saturated rings. The number of hydrogen-bond acceptors (Lipinski definition) is 3. The summed E-state index contributed by atoms with van der Waals surface area (Å²) in [5.74, 6) is 3.18. The fourth-order valence-electron chi connectivity index (χ4n) is 3.88. The summed E-state index contributed by atoms with van der Waals surface area (Å²) in [7, 11) is 0. The number of anilines is 1. The lowest BCUT2D eigenvalue weighted by atomic mass is 10.1. The number of furan rings is 1. The van der Waals surface area contributed by atoms with Gasteiger partial charge in [-0.2, -0.15) is 0 Å². The third kappa shape index (κ3) is 3.80. The van der Waals surface area contributed by atoms with Crippen molar-refractivity contribution in [2.45, 2.75) is 33.1 Å². The molecule has 0 N–H and O–H groups in total. The van der Waals surface area contributed by atoms with E-state index in [0.29, 0.717) is 5.92 Å². The minimum atomic E-state index is 0.0633. The van der Waals surface area contributed by atoms with Gasteiger partial charge in [-0.15, -0.1) is 0 Å². The smallest absolute Gasteiger partial charge is 0.246 e.